The summed E-state index contributed by atoms with van der Waals surface area (Å²) >= 11 is 0. The average Bonchev–Trinajstić information content (AvgIpc) is 2.74. The van der Waals surface area contributed by atoms with E-state index in [0.29, 0.717) is 30.4 Å². The number of rotatable bonds is 9. The number of ether oxygens (including phenoxy) is 3. The summed E-state index contributed by atoms with van der Waals surface area (Å²) in [5.41, 5.74) is 1.58. The van der Waals surface area contributed by atoms with Gasteiger partial charge in [-0.3, -0.25) is 4.79 Å². The van der Waals surface area contributed by atoms with Crippen LogP contribution >= 0.6 is 0 Å². The summed E-state index contributed by atoms with van der Waals surface area (Å²) in [6.07, 6.45) is -0.648. The number of anilines is 1. The number of para-hydroxylation sites is 4. The standard InChI is InChI=1S/C24H25NO4/c1-18-10-6-8-14-22(18)29-19(2)24(26)25-21-13-7-9-15-23(21)28-17-16-27-20-11-4-3-5-12-20/h3-15,19H,16-17H2,1-2H3,(H,25,26). The van der Waals surface area contributed by atoms with E-state index in [1.165, 1.54) is 0 Å². The first-order chi connectivity index (χ1) is 14.1. The quantitative estimate of drug-likeness (QED) is 0.529. The molecular formula is C24H25NO4. The van der Waals surface area contributed by atoms with Gasteiger partial charge in [-0.15, -0.1) is 0 Å². The Morgan fingerprint density at radius 1 is 0.828 bits per heavy atom. The molecule has 1 unspecified atom stereocenters. The second-order valence-corrected chi connectivity index (χ2v) is 6.52. The van der Waals surface area contributed by atoms with E-state index < -0.39 is 6.10 Å². The summed E-state index contributed by atoms with van der Waals surface area (Å²) < 4.78 is 17.2. The summed E-state index contributed by atoms with van der Waals surface area (Å²) in [4.78, 5) is 12.6. The molecule has 0 heterocycles. The van der Waals surface area contributed by atoms with Gasteiger partial charge in [0.1, 0.15) is 30.5 Å². The predicted molar refractivity (Wildman–Crippen MR) is 114 cm³/mol. The molecule has 0 bridgehead atoms. The third kappa shape index (κ3) is 6.01. The Labute approximate surface area is 171 Å². The van der Waals surface area contributed by atoms with E-state index in [-0.39, 0.29) is 5.91 Å². The average molecular weight is 391 g/mol. The van der Waals surface area contributed by atoms with Crippen LogP contribution in [-0.2, 0) is 4.79 Å². The molecule has 0 fully saturated rings. The van der Waals surface area contributed by atoms with E-state index in [9.17, 15) is 4.79 Å². The molecule has 0 aliphatic carbocycles. The molecule has 29 heavy (non-hydrogen) atoms. The topological polar surface area (TPSA) is 56.8 Å². The highest BCUT2D eigenvalue weighted by molar-refractivity contribution is 5.95. The first-order valence-corrected chi connectivity index (χ1v) is 9.56. The van der Waals surface area contributed by atoms with Crippen LogP contribution in [0.4, 0.5) is 5.69 Å². The maximum atomic E-state index is 12.6. The molecule has 0 aliphatic heterocycles. The maximum Gasteiger partial charge on any atom is 0.265 e. The van der Waals surface area contributed by atoms with Gasteiger partial charge in [-0.25, -0.2) is 0 Å². The van der Waals surface area contributed by atoms with E-state index in [2.05, 4.69) is 5.32 Å². The molecule has 150 valence electrons. The van der Waals surface area contributed by atoms with Crippen molar-refractivity contribution >= 4 is 11.6 Å². The van der Waals surface area contributed by atoms with Gasteiger partial charge in [0, 0.05) is 0 Å². The minimum Gasteiger partial charge on any atom is -0.490 e. The predicted octanol–water partition coefficient (Wildman–Crippen LogP) is 4.86. The van der Waals surface area contributed by atoms with Gasteiger partial charge < -0.3 is 19.5 Å². The lowest BCUT2D eigenvalue weighted by Crippen LogP contribution is -2.30. The Kier molecular flexibility index (Phi) is 7.11. The summed E-state index contributed by atoms with van der Waals surface area (Å²) in [7, 11) is 0. The smallest absolute Gasteiger partial charge is 0.265 e. The minimum atomic E-state index is -0.648. The van der Waals surface area contributed by atoms with Gasteiger partial charge in [-0.05, 0) is 49.7 Å². The molecule has 0 saturated heterocycles. The van der Waals surface area contributed by atoms with Gasteiger partial charge in [0.25, 0.3) is 5.91 Å². The SMILES string of the molecule is Cc1ccccc1OC(C)C(=O)Nc1ccccc1OCCOc1ccccc1. The van der Waals surface area contributed by atoms with Gasteiger partial charge in [0.15, 0.2) is 6.10 Å². The molecule has 3 aromatic rings. The van der Waals surface area contributed by atoms with Gasteiger partial charge in [-0.1, -0.05) is 48.5 Å². The van der Waals surface area contributed by atoms with Crippen LogP contribution in [0.2, 0.25) is 0 Å². The van der Waals surface area contributed by atoms with Crippen molar-refractivity contribution in [3.63, 3.8) is 0 Å². The molecular weight excluding hydrogens is 366 g/mol. The number of hydrogen-bond acceptors (Lipinski definition) is 4. The summed E-state index contributed by atoms with van der Waals surface area (Å²) in [5, 5.41) is 2.88. The zero-order chi connectivity index (χ0) is 20.5. The second-order valence-electron chi connectivity index (χ2n) is 6.52. The van der Waals surface area contributed by atoms with Crippen LogP contribution in [0.25, 0.3) is 0 Å². The van der Waals surface area contributed by atoms with Crippen LogP contribution in [0.15, 0.2) is 78.9 Å². The fourth-order valence-electron chi connectivity index (χ4n) is 2.69. The third-order valence-electron chi connectivity index (χ3n) is 4.26. The molecule has 1 amide bonds. The van der Waals surface area contributed by atoms with Gasteiger partial charge in [-0.2, -0.15) is 0 Å². The van der Waals surface area contributed by atoms with Gasteiger partial charge >= 0.3 is 0 Å². The normalized spacial score (nSPS) is 11.4. The third-order valence-corrected chi connectivity index (χ3v) is 4.26. The molecule has 0 aromatic heterocycles. The molecule has 1 atom stereocenters. The van der Waals surface area contributed by atoms with Crippen molar-refractivity contribution in [1.82, 2.24) is 0 Å². The van der Waals surface area contributed by atoms with Crippen LogP contribution < -0.4 is 19.5 Å². The largest absolute Gasteiger partial charge is 0.490 e. The van der Waals surface area contributed by atoms with Gasteiger partial charge in [0.2, 0.25) is 0 Å². The summed E-state index contributed by atoms with van der Waals surface area (Å²) in [5.74, 6) is 1.82. The lowest BCUT2D eigenvalue weighted by Gasteiger charge is -2.18. The molecule has 5 heteroatoms. The van der Waals surface area contributed by atoms with Crippen molar-refractivity contribution < 1.29 is 19.0 Å². The van der Waals surface area contributed by atoms with E-state index >= 15 is 0 Å². The number of hydrogen-bond donors (Lipinski definition) is 1. The van der Waals surface area contributed by atoms with E-state index in [1.807, 2.05) is 79.7 Å². The Morgan fingerprint density at radius 2 is 1.45 bits per heavy atom. The van der Waals surface area contributed by atoms with E-state index in [1.54, 1.807) is 13.0 Å². The second kappa shape index (κ2) is 10.2. The highest BCUT2D eigenvalue weighted by atomic mass is 16.5. The van der Waals surface area contributed by atoms with E-state index in [4.69, 9.17) is 14.2 Å². The first-order valence-electron chi connectivity index (χ1n) is 9.56. The Balaban J connectivity index is 1.54. The van der Waals surface area contributed by atoms with Crippen LogP contribution in [0, 0.1) is 6.92 Å². The van der Waals surface area contributed by atoms with Crippen molar-refractivity contribution in [1.29, 1.82) is 0 Å². The van der Waals surface area contributed by atoms with Crippen molar-refractivity contribution in [2.45, 2.75) is 20.0 Å². The fourth-order valence-corrected chi connectivity index (χ4v) is 2.69. The van der Waals surface area contributed by atoms with Gasteiger partial charge in [0.05, 0.1) is 5.69 Å². The number of carbonyl (C=O) groups is 1. The van der Waals surface area contributed by atoms with Crippen molar-refractivity contribution in [3.05, 3.63) is 84.4 Å². The van der Waals surface area contributed by atoms with Crippen molar-refractivity contribution in [2.75, 3.05) is 18.5 Å². The van der Waals surface area contributed by atoms with Crippen LogP contribution in [0.1, 0.15) is 12.5 Å². The lowest BCUT2D eigenvalue weighted by atomic mass is 10.2. The molecule has 0 saturated carbocycles. The molecule has 0 aliphatic rings. The summed E-state index contributed by atoms with van der Waals surface area (Å²) in [6, 6.07) is 24.5. The van der Waals surface area contributed by atoms with Crippen LogP contribution in [-0.4, -0.2) is 25.2 Å². The number of benzene rings is 3. The highest BCUT2D eigenvalue weighted by Crippen LogP contribution is 2.25. The molecule has 3 aromatic carbocycles. The monoisotopic (exact) mass is 391 g/mol. The molecule has 1 N–H and O–H groups in total. The Bertz CT molecular complexity index is 927. The number of nitrogens with one attached hydrogen (secondary N) is 1. The lowest BCUT2D eigenvalue weighted by molar-refractivity contribution is -0.122. The number of amides is 1. The first kappa shape index (κ1) is 20.3. The zero-order valence-electron chi connectivity index (χ0n) is 16.6. The summed E-state index contributed by atoms with van der Waals surface area (Å²) in [6.45, 7) is 4.43. The Hall–Kier alpha value is -3.47. The molecule has 3 rings (SSSR count). The van der Waals surface area contributed by atoms with Crippen LogP contribution in [0.3, 0.4) is 0 Å². The van der Waals surface area contributed by atoms with Crippen molar-refractivity contribution in [2.24, 2.45) is 0 Å². The fraction of sp³-hybridized carbons (Fsp3) is 0.208. The maximum absolute atomic E-state index is 12.6. The molecule has 5 nitrogen and oxygen atoms in total. The molecule has 0 spiro atoms. The van der Waals surface area contributed by atoms with Crippen molar-refractivity contribution in [3.8, 4) is 17.2 Å². The Morgan fingerprint density at radius 3 is 2.21 bits per heavy atom. The minimum absolute atomic E-state index is 0.246. The molecule has 0 radical (unpaired) electrons. The van der Waals surface area contributed by atoms with Crippen LogP contribution in [0.5, 0.6) is 17.2 Å². The number of aryl methyl sites for hydroxylation is 1. The van der Waals surface area contributed by atoms with E-state index in [0.717, 1.165) is 11.3 Å². The highest BCUT2D eigenvalue weighted by Gasteiger charge is 2.17. The number of carbonyl (C=O) groups excluding carboxylic acids is 1. The zero-order valence-corrected chi connectivity index (χ0v) is 16.6.